The van der Waals surface area contributed by atoms with Gasteiger partial charge in [0.25, 0.3) is 5.91 Å². The average Bonchev–Trinajstić information content (AvgIpc) is 3.04. The Hall–Kier alpha value is -2.75. The van der Waals surface area contributed by atoms with Crippen LogP contribution in [0, 0.1) is 0 Å². The third-order valence-corrected chi connectivity index (χ3v) is 7.80. The molecule has 2 atom stereocenters. The standard InChI is InChI=1S/C25H33FN4O3S/c1-16(2)28-25(31)19-9-10-23-22(14-19)24(17(3)30(23)15-20(26)11-12-27)18-7-6-8-21(13-18)34(32,33)29(4)5/h6-11,13-14,16-17,24H,12,15,27H2,1-5H3,(H,28,31)/b20-11-. The molecule has 7 nitrogen and oxygen atoms in total. The molecule has 0 saturated carbocycles. The Morgan fingerprint density at radius 1 is 1.24 bits per heavy atom. The Morgan fingerprint density at radius 2 is 1.94 bits per heavy atom. The molecule has 34 heavy (non-hydrogen) atoms. The SMILES string of the molecule is CC(C)NC(=O)c1ccc2c(c1)C(c1cccc(S(=O)(=O)N(C)C)c1)C(C)N2C/C(F)=C/CN. The minimum Gasteiger partial charge on any atom is -0.361 e. The van der Waals surface area contributed by atoms with Crippen molar-refractivity contribution in [2.24, 2.45) is 5.73 Å². The van der Waals surface area contributed by atoms with Crippen LogP contribution in [-0.4, -0.2) is 57.9 Å². The maximum absolute atomic E-state index is 14.5. The molecule has 0 saturated heterocycles. The molecule has 1 aliphatic rings. The fourth-order valence-electron chi connectivity index (χ4n) is 4.33. The third kappa shape index (κ3) is 5.16. The van der Waals surface area contributed by atoms with Gasteiger partial charge in [0.1, 0.15) is 5.83 Å². The van der Waals surface area contributed by atoms with E-state index in [2.05, 4.69) is 5.32 Å². The molecule has 1 heterocycles. The van der Waals surface area contributed by atoms with Crippen LogP contribution in [0.3, 0.4) is 0 Å². The van der Waals surface area contributed by atoms with Crippen LogP contribution >= 0.6 is 0 Å². The monoisotopic (exact) mass is 488 g/mol. The average molecular weight is 489 g/mol. The lowest BCUT2D eigenvalue weighted by molar-refractivity contribution is 0.0943. The lowest BCUT2D eigenvalue weighted by Crippen LogP contribution is -2.33. The second-order valence-corrected chi connectivity index (χ2v) is 11.1. The summed E-state index contributed by atoms with van der Waals surface area (Å²) in [5.74, 6) is -0.794. The van der Waals surface area contributed by atoms with Gasteiger partial charge in [-0.25, -0.2) is 17.1 Å². The second kappa shape index (κ2) is 10.2. The van der Waals surface area contributed by atoms with Crippen molar-refractivity contribution in [1.29, 1.82) is 0 Å². The number of nitrogens with two attached hydrogens (primary N) is 1. The Balaban J connectivity index is 2.13. The van der Waals surface area contributed by atoms with Crippen molar-refractivity contribution in [3.63, 3.8) is 0 Å². The molecule has 2 aromatic carbocycles. The van der Waals surface area contributed by atoms with Crippen LogP contribution in [0.4, 0.5) is 10.1 Å². The highest BCUT2D eigenvalue weighted by molar-refractivity contribution is 7.89. The van der Waals surface area contributed by atoms with Crippen molar-refractivity contribution in [2.45, 2.75) is 43.7 Å². The van der Waals surface area contributed by atoms with Crippen molar-refractivity contribution in [2.75, 3.05) is 32.1 Å². The Labute approximate surface area is 201 Å². The summed E-state index contributed by atoms with van der Waals surface area (Å²) in [6.45, 7) is 5.89. The molecule has 3 N–H and O–H groups in total. The molecular weight excluding hydrogens is 455 g/mol. The molecule has 0 aliphatic carbocycles. The normalized spacial score (nSPS) is 18.5. The van der Waals surface area contributed by atoms with E-state index in [1.807, 2.05) is 43.9 Å². The highest BCUT2D eigenvalue weighted by atomic mass is 32.2. The minimum atomic E-state index is -3.63. The van der Waals surface area contributed by atoms with Crippen molar-refractivity contribution in [3.8, 4) is 0 Å². The van der Waals surface area contributed by atoms with Crippen LogP contribution in [0.5, 0.6) is 0 Å². The molecule has 0 spiro atoms. The minimum absolute atomic E-state index is 0.0182. The van der Waals surface area contributed by atoms with Crippen LogP contribution in [0.15, 0.2) is 59.3 Å². The highest BCUT2D eigenvalue weighted by Gasteiger charge is 2.38. The van der Waals surface area contributed by atoms with Gasteiger partial charge in [0.2, 0.25) is 10.0 Å². The molecule has 0 radical (unpaired) electrons. The number of fused-ring (bicyclic) bond motifs is 1. The van der Waals surface area contributed by atoms with Gasteiger partial charge >= 0.3 is 0 Å². The van der Waals surface area contributed by atoms with Crippen LogP contribution < -0.4 is 16.0 Å². The third-order valence-electron chi connectivity index (χ3n) is 5.98. The summed E-state index contributed by atoms with van der Waals surface area (Å²) in [5.41, 5.74) is 8.42. The van der Waals surface area contributed by atoms with Gasteiger partial charge in [0.05, 0.1) is 11.4 Å². The zero-order valence-corrected chi connectivity index (χ0v) is 21.1. The van der Waals surface area contributed by atoms with E-state index in [1.165, 1.54) is 24.5 Å². The number of benzene rings is 2. The maximum atomic E-state index is 14.5. The first-order valence-electron chi connectivity index (χ1n) is 11.3. The van der Waals surface area contributed by atoms with Crippen LogP contribution in [0.2, 0.25) is 0 Å². The molecule has 2 aromatic rings. The van der Waals surface area contributed by atoms with E-state index in [-0.39, 0.29) is 47.7 Å². The number of anilines is 1. The maximum Gasteiger partial charge on any atom is 0.251 e. The number of carbonyl (C=O) groups is 1. The Bertz CT molecular complexity index is 1190. The summed E-state index contributed by atoms with van der Waals surface area (Å²) in [5, 5.41) is 2.90. The van der Waals surface area contributed by atoms with Crippen molar-refractivity contribution < 1.29 is 17.6 Å². The van der Waals surface area contributed by atoms with Gasteiger partial charge in [-0.05, 0) is 68.3 Å². The number of amides is 1. The second-order valence-electron chi connectivity index (χ2n) is 8.99. The lowest BCUT2D eigenvalue weighted by Gasteiger charge is -2.27. The largest absolute Gasteiger partial charge is 0.361 e. The molecular formula is C25H33FN4O3S. The number of hydrogen-bond donors (Lipinski definition) is 2. The number of nitrogens with one attached hydrogen (secondary N) is 1. The topological polar surface area (TPSA) is 95.7 Å². The lowest BCUT2D eigenvalue weighted by atomic mass is 9.87. The summed E-state index contributed by atoms with van der Waals surface area (Å²) in [6.07, 6.45) is 1.34. The van der Waals surface area contributed by atoms with E-state index in [0.717, 1.165) is 16.8 Å². The number of halogens is 1. The van der Waals surface area contributed by atoms with Gasteiger partial charge in [0, 0.05) is 49.9 Å². The Kier molecular flexibility index (Phi) is 7.80. The number of carbonyl (C=O) groups excluding carboxylic acids is 1. The van der Waals surface area contributed by atoms with Crippen LogP contribution in [0.25, 0.3) is 0 Å². The van der Waals surface area contributed by atoms with E-state index >= 15 is 0 Å². The number of rotatable bonds is 8. The molecule has 3 rings (SSSR count). The number of sulfonamides is 1. The predicted octanol–water partition coefficient (Wildman–Crippen LogP) is 3.23. The van der Waals surface area contributed by atoms with E-state index in [9.17, 15) is 17.6 Å². The summed E-state index contributed by atoms with van der Waals surface area (Å²) in [4.78, 5) is 14.8. The summed E-state index contributed by atoms with van der Waals surface area (Å²) < 4.78 is 41.2. The molecule has 0 aromatic heterocycles. The smallest absolute Gasteiger partial charge is 0.251 e. The fraction of sp³-hybridized carbons (Fsp3) is 0.400. The quantitative estimate of drug-likeness (QED) is 0.595. The summed E-state index contributed by atoms with van der Waals surface area (Å²) >= 11 is 0. The predicted molar refractivity (Wildman–Crippen MR) is 133 cm³/mol. The molecule has 1 amide bonds. The summed E-state index contributed by atoms with van der Waals surface area (Å²) in [7, 11) is -0.647. The molecule has 2 unspecified atom stereocenters. The van der Waals surface area contributed by atoms with Gasteiger partial charge in [-0.3, -0.25) is 4.79 Å². The van der Waals surface area contributed by atoms with Crippen LogP contribution in [0.1, 0.15) is 48.2 Å². The van der Waals surface area contributed by atoms with Crippen molar-refractivity contribution in [3.05, 3.63) is 71.1 Å². The highest BCUT2D eigenvalue weighted by Crippen LogP contribution is 2.45. The first-order valence-corrected chi connectivity index (χ1v) is 12.7. The molecule has 9 heteroatoms. The van der Waals surface area contributed by atoms with E-state index < -0.39 is 10.0 Å². The van der Waals surface area contributed by atoms with Crippen LogP contribution in [-0.2, 0) is 10.0 Å². The molecule has 0 fully saturated rings. The fourth-order valence-corrected chi connectivity index (χ4v) is 5.29. The first-order chi connectivity index (χ1) is 16.0. The van der Waals surface area contributed by atoms with Gasteiger partial charge in [0.15, 0.2) is 0 Å². The number of nitrogens with zero attached hydrogens (tertiary/aromatic N) is 2. The molecule has 0 bridgehead atoms. The van der Waals surface area contributed by atoms with Gasteiger partial charge in [-0.1, -0.05) is 12.1 Å². The zero-order chi connectivity index (χ0) is 25.2. The Morgan fingerprint density at radius 3 is 2.56 bits per heavy atom. The van der Waals surface area contributed by atoms with E-state index in [1.54, 1.807) is 24.3 Å². The zero-order valence-electron chi connectivity index (χ0n) is 20.2. The van der Waals surface area contributed by atoms with Gasteiger partial charge in [-0.15, -0.1) is 0 Å². The summed E-state index contributed by atoms with van der Waals surface area (Å²) in [6, 6.07) is 12.0. The number of hydrogen-bond acceptors (Lipinski definition) is 5. The van der Waals surface area contributed by atoms with Gasteiger partial charge in [-0.2, -0.15) is 0 Å². The van der Waals surface area contributed by atoms with E-state index in [0.29, 0.717) is 5.56 Å². The van der Waals surface area contributed by atoms with Crippen molar-refractivity contribution >= 4 is 21.6 Å². The molecule has 184 valence electrons. The van der Waals surface area contributed by atoms with Gasteiger partial charge < -0.3 is 16.0 Å². The van der Waals surface area contributed by atoms with E-state index in [4.69, 9.17) is 5.73 Å². The molecule has 1 aliphatic heterocycles. The first kappa shape index (κ1) is 25.9. The van der Waals surface area contributed by atoms with Crippen molar-refractivity contribution in [1.82, 2.24) is 9.62 Å².